The zero-order valence-corrected chi connectivity index (χ0v) is 9.21. The van der Waals surface area contributed by atoms with Crippen molar-refractivity contribution in [1.82, 2.24) is 14.9 Å². The average Bonchev–Trinajstić information content (AvgIpc) is 2.58. The third-order valence-corrected chi connectivity index (χ3v) is 4.15. The maximum absolute atomic E-state index is 11.6. The number of nitrogens with one attached hydrogen (secondary N) is 2. The van der Waals surface area contributed by atoms with Gasteiger partial charge >= 0.3 is 5.69 Å². The lowest BCUT2D eigenvalue weighted by Gasteiger charge is -2.06. The molecule has 2 heterocycles. The largest absolute Gasteiger partial charge is 0.325 e. The van der Waals surface area contributed by atoms with Gasteiger partial charge in [0.25, 0.3) is 0 Å². The van der Waals surface area contributed by atoms with Gasteiger partial charge in [0.1, 0.15) is 0 Å². The van der Waals surface area contributed by atoms with E-state index in [1.165, 1.54) is 0 Å². The topological polar surface area (TPSA) is 49.8 Å². The van der Waals surface area contributed by atoms with Crippen molar-refractivity contribution in [2.75, 3.05) is 13.1 Å². The molecule has 1 saturated heterocycles. The first kappa shape index (κ1) is 9.21. The van der Waals surface area contributed by atoms with E-state index in [1.807, 2.05) is 18.4 Å². The number of rotatable bonds is 2. The van der Waals surface area contributed by atoms with E-state index in [0.29, 0.717) is 0 Å². The smallest absolute Gasteiger partial charge is 0.316 e. The Hall–Kier alpha value is -1.03. The highest BCUT2D eigenvalue weighted by atomic mass is 16.1. The lowest BCUT2D eigenvalue weighted by atomic mass is 10.2. The minimum atomic E-state index is 0.0583. The van der Waals surface area contributed by atoms with E-state index < -0.39 is 0 Å². The molecule has 82 valence electrons. The molecule has 2 aliphatic rings. The Morgan fingerprint density at radius 3 is 2.53 bits per heavy atom. The van der Waals surface area contributed by atoms with E-state index in [9.17, 15) is 4.79 Å². The molecule has 2 N–H and O–H groups in total. The molecule has 15 heavy (non-hydrogen) atoms. The molecule has 3 rings (SSSR count). The molecule has 2 atom stereocenters. The van der Waals surface area contributed by atoms with E-state index in [1.54, 1.807) is 0 Å². The molecule has 0 spiro atoms. The Morgan fingerprint density at radius 1 is 1.33 bits per heavy atom. The Morgan fingerprint density at radius 2 is 2.00 bits per heavy atom. The van der Waals surface area contributed by atoms with E-state index in [0.717, 1.165) is 48.8 Å². The summed E-state index contributed by atoms with van der Waals surface area (Å²) in [4.78, 5) is 14.5. The van der Waals surface area contributed by atoms with Crippen LogP contribution in [0.5, 0.6) is 0 Å². The third kappa shape index (κ3) is 1.28. The summed E-state index contributed by atoms with van der Waals surface area (Å²) in [5.41, 5.74) is 2.16. The fourth-order valence-corrected chi connectivity index (χ4v) is 2.92. The first-order valence-electron chi connectivity index (χ1n) is 5.65. The molecule has 1 saturated carbocycles. The van der Waals surface area contributed by atoms with Gasteiger partial charge in [-0.15, -0.1) is 0 Å². The van der Waals surface area contributed by atoms with Crippen LogP contribution in [0.4, 0.5) is 0 Å². The second-order valence-electron chi connectivity index (χ2n) is 4.90. The summed E-state index contributed by atoms with van der Waals surface area (Å²) < 4.78 is 1.90. The number of fused-ring (bicyclic) bond motifs is 1. The number of hydrogen-bond donors (Lipinski definition) is 2. The summed E-state index contributed by atoms with van der Waals surface area (Å²) in [6.45, 7) is 7.18. The molecule has 0 aromatic carbocycles. The number of nitrogens with zero attached hydrogens (tertiary/aromatic N) is 1. The van der Waals surface area contributed by atoms with Crippen molar-refractivity contribution in [3.63, 3.8) is 0 Å². The monoisotopic (exact) mass is 207 g/mol. The molecule has 1 aliphatic heterocycles. The fourth-order valence-electron chi connectivity index (χ4n) is 2.92. The number of aromatic amines is 1. The van der Waals surface area contributed by atoms with Crippen molar-refractivity contribution in [2.24, 2.45) is 17.8 Å². The van der Waals surface area contributed by atoms with Crippen LogP contribution in [-0.4, -0.2) is 22.6 Å². The van der Waals surface area contributed by atoms with Crippen molar-refractivity contribution >= 4 is 0 Å². The number of aromatic nitrogens is 2. The summed E-state index contributed by atoms with van der Waals surface area (Å²) in [5.74, 6) is 2.39. The first-order valence-corrected chi connectivity index (χ1v) is 5.65. The molecular formula is C11H17N3O. The molecule has 1 aromatic rings. The van der Waals surface area contributed by atoms with Gasteiger partial charge in [-0.1, -0.05) is 0 Å². The number of H-pyrrole nitrogens is 1. The van der Waals surface area contributed by atoms with Crippen LogP contribution in [0.2, 0.25) is 0 Å². The maximum Gasteiger partial charge on any atom is 0.325 e. The Bertz CT molecular complexity index is 435. The summed E-state index contributed by atoms with van der Waals surface area (Å²) in [5, 5.41) is 3.38. The van der Waals surface area contributed by atoms with Gasteiger partial charge in [0.15, 0.2) is 0 Å². The van der Waals surface area contributed by atoms with Crippen LogP contribution < -0.4 is 11.0 Å². The van der Waals surface area contributed by atoms with Crippen LogP contribution >= 0.6 is 0 Å². The average molecular weight is 207 g/mol. The lowest BCUT2D eigenvalue weighted by molar-refractivity contribution is 0.502. The molecule has 0 radical (unpaired) electrons. The Labute approximate surface area is 88.7 Å². The summed E-state index contributed by atoms with van der Waals surface area (Å²) in [6.07, 6.45) is 0. The quantitative estimate of drug-likeness (QED) is 0.731. The number of hydrogen-bond acceptors (Lipinski definition) is 2. The second kappa shape index (κ2) is 2.98. The van der Waals surface area contributed by atoms with Crippen LogP contribution in [0.1, 0.15) is 11.4 Å². The zero-order chi connectivity index (χ0) is 10.6. The van der Waals surface area contributed by atoms with E-state index in [2.05, 4.69) is 10.3 Å². The minimum absolute atomic E-state index is 0.0583. The maximum atomic E-state index is 11.6. The van der Waals surface area contributed by atoms with Gasteiger partial charge in [-0.05, 0) is 44.7 Å². The number of imidazole rings is 1. The van der Waals surface area contributed by atoms with Crippen molar-refractivity contribution in [3.8, 4) is 0 Å². The normalized spacial score (nSPS) is 33.1. The molecule has 0 amide bonds. The highest BCUT2D eigenvalue weighted by Crippen LogP contribution is 2.49. The van der Waals surface area contributed by atoms with Gasteiger partial charge in [-0.25, -0.2) is 4.79 Å². The molecular weight excluding hydrogens is 190 g/mol. The van der Waals surface area contributed by atoms with Crippen LogP contribution in [0, 0.1) is 31.6 Å². The molecule has 4 heteroatoms. The van der Waals surface area contributed by atoms with Gasteiger partial charge in [-0.2, -0.15) is 0 Å². The summed E-state index contributed by atoms with van der Waals surface area (Å²) >= 11 is 0. The first-order chi connectivity index (χ1) is 7.18. The zero-order valence-electron chi connectivity index (χ0n) is 9.21. The molecule has 0 bridgehead atoms. The molecule has 2 fully saturated rings. The van der Waals surface area contributed by atoms with E-state index in [4.69, 9.17) is 0 Å². The van der Waals surface area contributed by atoms with Crippen molar-refractivity contribution < 1.29 is 0 Å². The molecule has 1 aromatic heterocycles. The fraction of sp³-hybridized carbons (Fsp3) is 0.727. The SMILES string of the molecule is Cc1[nH]c(=O)n(CC2C3CNCC32)c1C. The van der Waals surface area contributed by atoms with Crippen molar-refractivity contribution in [1.29, 1.82) is 0 Å². The number of piperidine rings is 1. The van der Waals surface area contributed by atoms with Gasteiger partial charge in [-0.3, -0.25) is 4.57 Å². The van der Waals surface area contributed by atoms with Gasteiger partial charge in [0, 0.05) is 17.9 Å². The van der Waals surface area contributed by atoms with Gasteiger partial charge < -0.3 is 10.3 Å². The minimum Gasteiger partial charge on any atom is -0.316 e. The predicted octanol–water partition coefficient (Wildman–Crippen LogP) is 0.259. The third-order valence-electron chi connectivity index (χ3n) is 4.15. The van der Waals surface area contributed by atoms with Crippen LogP contribution in [0.15, 0.2) is 4.79 Å². The molecule has 2 unspecified atom stereocenters. The van der Waals surface area contributed by atoms with E-state index in [-0.39, 0.29) is 5.69 Å². The summed E-state index contributed by atoms with van der Waals surface area (Å²) in [7, 11) is 0. The van der Waals surface area contributed by atoms with Crippen LogP contribution in [-0.2, 0) is 6.54 Å². The van der Waals surface area contributed by atoms with Crippen LogP contribution in [0.3, 0.4) is 0 Å². The van der Waals surface area contributed by atoms with E-state index >= 15 is 0 Å². The second-order valence-corrected chi connectivity index (χ2v) is 4.90. The highest BCUT2D eigenvalue weighted by molar-refractivity contribution is 5.11. The van der Waals surface area contributed by atoms with Crippen molar-refractivity contribution in [2.45, 2.75) is 20.4 Å². The van der Waals surface area contributed by atoms with Gasteiger partial charge in [0.05, 0.1) is 0 Å². The molecule has 4 nitrogen and oxygen atoms in total. The Balaban J connectivity index is 1.80. The predicted molar refractivity (Wildman–Crippen MR) is 57.9 cm³/mol. The number of aryl methyl sites for hydroxylation is 1. The van der Waals surface area contributed by atoms with Crippen LogP contribution in [0.25, 0.3) is 0 Å². The Kier molecular flexibility index (Phi) is 1.83. The van der Waals surface area contributed by atoms with Gasteiger partial charge in [0.2, 0.25) is 0 Å². The van der Waals surface area contributed by atoms with Crippen molar-refractivity contribution in [3.05, 3.63) is 21.9 Å². The summed E-state index contributed by atoms with van der Waals surface area (Å²) in [6, 6.07) is 0. The standard InChI is InChI=1S/C11H17N3O/c1-6-7(2)14(11(15)13-6)5-10-8-3-12-4-9(8)10/h8-10,12H,3-5H2,1-2H3,(H,13,15). The molecule has 1 aliphatic carbocycles. The highest BCUT2D eigenvalue weighted by Gasteiger charge is 2.52. The lowest BCUT2D eigenvalue weighted by Crippen LogP contribution is -2.23.